The predicted molar refractivity (Wildman–Crippen MR) is 142 cm³/mol. The normalized spacial score (nSPS) is 14.0. The van der Waals surface area contributed by atoms with Crippen LogP contribution >= 0.6 is 11.5 Å². The molecule has 8 nitrogen and oxygen atoms in total. The highest BCUT2D eigenvalue weighted by Gasteiger charge is 2.24. The molecule has 3 aromatic carbocycles. The fourth-order valence-electron chi connectivity index (χ4n) is 4.79. The minimum Gasteiger partial charge on any atom is -0.352 e. The SMILES string of the molecule is O=C(c1cccc(Cn2c(=O)[nH]c(=O)c3ccccc32)c1)N1CCN(c2nsc3ccccc23)CC1. The second kappa shape index (κ2) is 9.09. The van der Waals surface area contributed by atoms with Gasteiger partial charge in [-0.2, -0.15) is 4.37 Å². The van der Waals surface area contributed by atoms with Gasteiger partial charge in [-0.05, 0) is 53.5 Å². The number of carbonyl (C=O) groups is 1. The molecule has 1 fully saturated rings. The van der Waals surface area contributed by atoms with Crippen LogP contribution in [0.2, 0.25) is 0 Å². The van der Waals surface area contributed by atoms with E-state index in [-0.39, 0.29) is 12.5 Å². The van der Waals surface area contributed by atoms with Gasteiger partial charge < -0.3 is 9.80 Å². The lowest BCUT2D eigenvalue weighted by Crippen LogP contribution is -2.49. The van der Waals surface area contributed by atoms with Gasteiger partial charge in [-0.15, -0.1) is 0 Å². The number of aromatic nitrogens is 3. The number of nitrogens with zero attached hydrogens (tertiary/aromatic N) is 4. The maximum Gasteiger partial charge on any atom is 0.329 e. The van der Waals surface area contributed by atoms with Crippen LogP contribution in [0.1, 0.15) is 15.9 Å². The van der Waals surface area contributed by atoms with Crippen LogP contribution in [-0.2, 0) is 6.54 Å². The highest BCUT2D eigenvalue weighted by Crippen LogP contribution is 2.30. The number of anilines is 1. The molecule has 0 spiro atoms. The van der Waals surface area contributed by atoms with Crippen LogP contribution in [0.15, 0.2) is 82.4 Å². The number of rotatable bonds is 4. The second-order valence-electron chi connectivity index (χ2n) is 8.84. The van der Waals surface area contributed by atoms with Crippen LogP contribution < -0.4 is 16.1 Å². The van der Waals surface area contributed by atoms with Gasteiger partial charge in [0, 0.05) is 37.1 Å². The number of H-pyrrole nitrogens is 1. The topological polar surface area (TPSA) is 91.3 Å². The Kier molecular flexibility index (Phi) is 5.61. The van der Waals surface area contributed by atoms with E-state index in [4.69, 9.17) is 0 Å². The first-order chi connectivity index (χ1) is 17.6. The number of fused-ring (bicyclic) bond motifs is 2. The zero-order valence-corrected chi connectivity index (χ0v) is 20.2. The van der Waals surface area contributed by atoms with E-state index in [0.29, 0.717) is 29.6 Å². The fourth-order valence-corrected chi connectivity index (χ4v) is 5.58. The molecule has 1 aliphatic heterocycles. The molecule has 2 aromatic heterocycles. The number of aromatic amines is 1. The summed E-state index contributed by atoms with van der Waals surface area (Å²) in [6, 6.07) is 22.6. The molecule has 3 heterocycles. The van der Waals surface area contributed by atoms with E-state index >= 15 is 0 Å². The van der Waals surface area contributed by atoms with Gasteiger partial charge in [0.05, 0.1) is 22.1 Å². The van der Waals surface area contributed by atoms with Crippen LogP contribution in [0.4, 0.5) is 5.82 Å². The van der Waals surface area contributed by atoms with Crippen molar-refractivity contribution in [3.05, 3.63) is 105 Å². The predicted octanol–water partition coefficient (Wildman–Crippen LogP) is 3.31. The van der Waals surface area contributed by atoms with Crippen LogP contribution in [0.3, 0.4) is 0 Å². The number of amides is 1. The maximum atomic E-state index is 13.3. The zero-order valence-electron chi connectivity index (χ0n) is 19.4. The summed E-state index contributed by atoms with van der Waals surface area (Å²) in [5.41, 5.74) is 1.09. The van der Waals surface area contributed by atoms with Crippen molar-refractivity contribution in [2.75, 3.05) is 31.1 Å². The summed E-state index contributed by atoms with van der Waals surface area (Å²) in [5, 5.41) is 1.61. The van der Waals surface area contributed by atoms with Gasteiger partial charge in [-0.25, -0.2) is 4.79 Å². The molecule has 1 N–H and O–H groups in total. The molecule has 0 radical (unpaired) electrons. The van der Waals surface area contributed by atoms with E-state index in [1.807, 2.05) is 35.2 Å². The lowest BCUT2D eigenvalue weighted by Gasteiger charge is -2.35. The average Bonchev–Trinajstić information content (AvgIpc) is 3.35. The molecule has 1 saturated heterocycles. The van der Waals surface area contributed by atoms with E-state index < -0.39 is 11.2 Å². The largest absolute Gasteiger partial charge is 0.352 e. The molecular weight excluding hydrogens is 474 g/mol. The molecule has 0 bridgehead atoms. The third-order valence-corrected chi connectivity index (χ3v) is 7.46. The number of hydrogen-bond acceptors (Lipinski definition) is 6. The number of nitrogens with one attached hydrogen (secondary N) is 1. The van der Waals surface area contributed by atoms with Crippen molar-refractivity contribution in [1.29, 1.82) is 0 Å². The Morgan fingerprint density at radius 2 is 1.64 bits per heavy atom. The van der Waals surface area contributed by atoms with Crippen molar-refractivity contribution in [2.45, 2.75) is 6.54 Å². The van der Waals surface area contributed by atoms with Crippen molar-refractivity contribution in [1.82, 2.24) is 18.8 Å². The molecule has 9 heteroatoms. The Hall–Kier alpha value is -4.24. The molecule has 0 aliphatic carbocycles. The molecule has 0 atom stereocenters. The summed E-state index contributed by atoms with van der Waals surface area (Å²) in [6.45, 7) is 2.91. The number of benzene rings is 3. The Labute approximate surface area is 210 Å². The summed E-state index contributed by atoms with van der Waals surface area (Å²) in [5.74, 6) is 0.960. The van der Waals surface area contributed by atoms with Gasteiger partial charge in [0.1, 0.15) is 5.82 Å². The summed E-state index contributed by atoms with van der Waals surface area (Å²) < 4.78 is 7.34. The molecule has 180 valence electrons. The summed E-state index contributed by atoms with van der Waals surface area (Å²) in [7, 11) is 0. The first kappa shape index (κ1) is 22.2. The van der Waals surface area contributed by atoms with Crippen molar-refractivity contribution in [3.63, 3.8) is 0 Å². The summed E-state index contributed by atoms with van der Waals surface area (Å²) in [4.78, 5) is 44.5. The summed E-state index contributed by atoms with van der Waals surface area (Å²) in [6.07, 6.45) is 0. The molecule has 0 unspecified atom stereocenters. The Morgan fingerprint density at radius 3 is 2.47 bits per heavy atom. The number of para-hydroxylation sites is 1. The van der Waals surface area contributed by atoms with E-state index in [2.05, 4.69) is 26.4 Å². The molecule has 1 aliphatic rings. The van der Waals surface area contributed by atoms with Gasteiger partial charge in [0.2, 0.25) is 0 Å². The standard InChI is InChI=1S/C27H23N5O3S/c33-25-20-8-1-3-10-22(20)32(27(35)28-25)17-18-6-5-7-19(16-18)26(34)31-14-12-30(13-15-31)24-21-9-2-4-11-23(21)36-29-24/h1-11,16H,12-15,17H2,(H,28,33,35). The van der Waals surface area contributed by atoms with Gasteiger partial charge in [0.25, 0.3) is 11.5 Å². The number of piperazine rings is 1. The van der Waals surface area contributed by atoms with Crippen LogP contribution in [-0.4, -0.2) is 50.9 Å². The molecule has 0 saturated carbocycles. The number of carbonyl (C=O) groups excluding carboxylic acids is 1. The maximum absolute atomic E-state index is 13.3. The monoisotopic (exact) mass is 497 g/mol. The van der Waals surface area contributed by atoms with E-state index in [1.165, 1.54) is 16.1 Å². The third kappa shape index (κ3) is 3.97. The number of hydrogen-bond donors (Lipinski definition) is 1. The third-order valence-electron chi connectivity index (χ3n) is 6.64. The Morgan fingerprint density at radius 1 is 0.889 bits per heavy atom. The van der Waals surface area contributed by atoms with E-state index in [9.17, 15) is 14.4 Å². The first-order valence-corrected chi connectivity index (χ1v) is 12.6. The lowest BCUT2D eigenvalue weighted by molar-refractivity contribution is 0.0746. The minimum atomic E-state index is -0.471. The molecule has 1 amide bonds. The summed E-state index contributed by atoms with van der Waals surface area (Å²) >= 11 is 1.50. The Balaban J connectivity index is 1.20. The quantitative estimate of drug-likeness (QED) is 0.411. The zero-order chi connectivity index (χ0) is 24.6. The minimum absolute atomic E-state index is 0.0293. The van der Waals surface area contributed by atoms with Crippen molar-refractivity contribution in [2.24, 2.45) is 0 Å². The average molecular weight is 498 g/mol. The molecule has 6 rings (SSSR count). The van der Waals surface area contributed by atoms with Gasteiger partial charge in [-0.3, -0.25) is 19.1 Å². The van der Waals surface area contributed by atoms with Crippen molar-refractivity contribution < 1.29 is 4.79 Å². The van der Waals surface area contributed by atoms with Gasteiger partial charge in [-0.1, -0.05) is 36.4 Å². The van der Waals surface area contributed by atoms with Crippen LogP contribution in [0.25, 0.3) is 21.0 Å². The molecular formula is C27H23N5O3S. The van der Waals surface area contributed by atoms with Crippen molar-refractivity contribution >= 4 is 44.2 Å². The molecule has 36 heavy (non-hydrogen) atoms. The van der Waals surface area contributed by atoms with E-state index in [0.717, 1.165) is 34.6 Å². The first-order valence-electron chi connectivity index (χ1n) is 11.8. The lowest BCUT2D eigenvalue weighted by atomic mass is 10.1. The van der Waals surface area contributed by atoms with Gasteiger partial charge in [0.15, 0.2) is 0 Å². The molecule has 5 aromatic rings. The second-order valence-corrected chi connectivity index (χ2v) is 9.65. The van der Waals surface area contributed by atoms with Crippen LogP contribution in [0, 0.1) is 0 Å². The van der Waals surface area contributed by atoms with Crippen molar-refractivity contribution in [3.8, 4) is 0 Å². The smallest absolute Gasteiger partial charge is 0.329 e. The van der Waals surface area contributed by atoms with Gasteiger partial charge >= 0.3 is 5.69 Å². The fraction of sp³-hybridized carbons (Fsp3) is 0.185. The Bertz CT molecular complexity index is 1710. The van der Waals surface area contributed by atoms with Crippen LogP contribution in [0.5, 0.6) is 0 Å². The van der Waals surface area contributed by atoms with E-state index in [1.54, 1.807) is 30.3 Å². The highest BCUT2D eigenvalue weighted by atomic mass is 32.1. The highest BCUT2D eigenvalue weighted by molar-refractivity contribution is 7.13.